The van der Waals surface area contributed by atoms with Gasteiger partial charge in [0.1, 0.15) is 6.54 Å². The zero-order valence-corrected chi connectivity index (χ0v) is 19.6. The molecular weight excluding hydrogens is 477 g/mol. The molecule has 2 rings (SSSR count). The molecule has 1 aliphatic heterocycles. The molecule has 0 aromatic carbocycles. The number of guanidine groups is 1. The lowest BCUT2D eigenvalue weighted by atomic mass is 10.3. The van der Waals surface area contributed by atoms with Crippen LogP contribution in [0.1, 0.15) is 16.7 Å². The number of hydrogen-bond donors (Lipinski definition) is 2. The molecule has 1 saturated heterocycles. The molecule has 0 radical (unpaired) electrons. The van der Waals surface area contributed by atoms with E-state index in [9.17, 15) is 4.79 Å². The molecule has 1 aromatic heterocycles. The van der Waals surface area contributed by atoms with Crippen LogP contribution in [0, 0.1) is 0 Å². The average molecular weight is 509 g/mol. The summed E-state index contributed by atoms with van der Waals surface area (Å²) in [5.74, 6) is 0.670. The fourth-order valence-electron chi connectivity index (χ4n) is 2.50. The highest BCUT2D eigenvalue weighted by molar-refractivity contribution is 14.0. The smallest absolute Gasteiger partial charge is 0.243 e. The number of aryl methyl sites for hydroxylation is 1. The van der Waals surface area contributed by atoms with E-state index < -0.39 is 0 Å². The maximum Gasteiger partial charge on any atom is 0.243 e. The Morgan fingerprint density at radius 1 is 1.26 bits per heavy atom. The number of likely N-dealkylation sites (N-methyl/N-ethyl adjacent to an activating group) is 1. The molecule has 0 aliphatic carbocycles. The molecule has 1 amide bonds. The van der Waals surface area contributed by atoms with Crippen molar-refractivity contribution in [3.05, 3.63) is 21.9 Å². The number of halogens is 1. The van der Waals surface area contributed by atoms with Gasteiger partial charge in [0.25, 0.3) is 0 Å². The lowest BCUT2D eigenvalue weighted by Crippen LogP contribution is -2.44. The highest BCUT2D eigenvalue weighted by atomic mass is 127. The first-order valence-electron chi connectivity index (χ1n) is 9.18. The highest BCUT2D eigenvalue weighted by Crippen LogP contribution is 2.16. The molecule has 2 heterocycles. The third-order valence-electron chi connectivity index (χ3n) is 4.19. The van der Waals surface area contributed by atoms with E-state index in [4.69, 9.17) is 4.74 Å². The van der Waals surface area contributed by atoms with E-state index in [1.165, 1.54) is 9.75 Å². The van der Waals surface area contributed by atoms with Crippen molar-refractivity contribution in [1.29, 1.82) is 0 Å². The van der Waals surface area contributed by atoms with Gasteiger partial charge in [-0.25, -0.2) is 4.99 Å². The molecule has 2 N–H and O–H groups in total. The Morgan fingerprint density at radius 2 is 1.96 bits per heavy atom. The molecule has 0 unspecified atom stereocenters. The first kappa shape index (κ1) is 24.1. The minimum atomic E-state index is -0.0105. The summed E-state index contributed by atoms with van der Waals surface area (Å²) in [7, 11) is 3.49. The van der Waals surface area contributed by atoms with Crippen molar-refractivity contribution in [3.63, 3.8) is 0 Å². The number of rotatable bonds is 8. The van der Waals surface area contributed by atoms with Crippen LogP contribution in [0.2, 0.25) is 0 Å². The number of hydrogen-bond acceptors (Lipinski definition) is 5. The van der Waals surface area contributed by atoms with E-state index in [0.29, 0.717) is 12.5 Å². The molecule has 154 valence electrons. The maximum absolute atomic E-state index is 11.8. The predicted molar refractivity (Wildman–Crippen MR) is 122 cm³/mol. The summed E-state index contributed by atoms with van der Waals surface area (Å²) >= 11 is 1.81. The van der Waals surface area contributed by atoms with Crippen molar-refractivity contribution in [2.75, 3.05) is 60.0 Å². The van der Waals surface area contributed by atoms with Crippen molar-refractivity contribution in [1.82, 2.24) is 20.4 Å². The van der Waals surface area contributed by atoms with Crippen molar-refractivity contribution >= 4 is 47.2 Å². The average Bonchev–Trinajstić information content (AvgIpc) is 3.12. The van der Waals surface area contributed by atoms with Gasteiger partial charge in [0.15, 0.2) is 5.96 Å². The van der Waals surface area contributed by atoms with Gasteiger partial charge in [0.2, 0.25) is 5.91 Å². The van der Waals surface area contributed by atoms with Gasteiger partial charge in [-0.2, -0.15) is 0 Å². The van der Waals surface area contributed by atoms with Crippen LogP contribution in [-0.4, -0.2) is 81.7 Å². The summed E-state index contributed by atoms with van der Waals surface area (Å²) in [6.45, 7) is 8.27. The van der Waals surface area contributed by atoms with Crippen molar-refractivity contribution in [2.45, 2.75) is 19.9 Å². The minimum absolute atomic E-state index is 0. The Kier molecular flexibility index (Phi) is 11.9. The fraction of sp³-hybridized carbons (Fsp3) is 0.667. The minimum Gasteiger partial charge on any atom is -0.379 e. The Hall–Kier alpha value is -0.910. The maximum atomic E-state index is 11.8. The van der Waals surface area contributed by atoms with Gasteiger partial charge in [0.05, 0.1) is 19.8 Å². The first-order valence-corrected chi connectivity index (χ1v) is 10.00. The van der Waals surface area contributed by atoms with Gasteiger partial charge in [-0.15, -0.1) is 35.3 Å². The van der Waals surface area contributed by atoms with E-state index in [1.807, 2.05) is 11.3 Å². The van der Waals surface area contributed by atoms with Crippen molar-refractivity contribution in [2.24, 2.45) is 4.99 Å². The Balaban J connectivity index is 0.00000364. The van der Waals surface area contributed by atoms with Crippen molar-refractivity contribution in [3.8, 4) is 0 Å². The van der Waals surface area contributed by atoms with Crippen LogP contribution in [0.4, 0.5) is 0 Å². The van der Waals surface area contributed by atoms with Crippen LogP contribution >= 0.6 is 35.3 Å². The molecule has 9 heteroatoms. The third-order valence-corrected chi connectivity index (χ3v) is 5.42. The molecule has 0 bridgehead atoms. The SMILES string of the molecule is CCc1ccc(CNC(=NCC(=O)N(C)C)NCCN2CCOCC2)s1.I. The summed E-state index contributed by atoms with van der Waals surface area (Å²) in [4.78, 5) is 22.8. The predicted octanol–water partition coefficient (Wildman–Crippen LogP) is 1.38. The van der Waals surface area contributed by atoms with Crippen LogP contribution in [0.3, 0.4) is 0 Å². The lowest BCUT2D eigenvalue weighted by Gasteiger charge is -2.26. The molecule has 0 atom stereocenters. The highest BCUT2D eigenvalue weighted by Gasteiger charge is 2.10. The number of ether oxygens (including phenoxy) is 1. The third kappa shape index (κ3) is 9.22. The molecule has 7 nitrogen and oxygen atoms in total. The van der Waals surface area contributed by atoms with Gasteiger partial charge in [-0.3, -0.25) is 9.69 Å². The number of nitrogens with one attached hydrogen (secondary N) is 2. The second-order valence-electron chi connectivity index (χ2n) is 6.41. The molecule has 0 spiro atoms. The molecule has 1 aliphatic rings. The lowest BCUT2D eigenvalue weighted by molar-refractivity contribution is -0.127. The summed E-state index contributed by atoms with van der Waals surface area (Å²) in [5, 5.41) is 6.68. The van der Waals surface area contributed by atoms with Crippen molar-refractivity contribution < 1.29 is 9.53 Å². The van der Waals surface area contributed by atoms with E-state index >= 15 is 0 Å². The number of morpholine rings is 1. The van der Waals surface area contributed by atoms with E-state index in [2.05, 4.69) is 39.6 Å². The number of aliphatic imine (C=N–C) groups is 1. The quantitative estimate of drug-likeness (QED) is 0.315. The largest absolute Gasteiger partial charge is 0.379 e. The molecule has 0 saturated carbocycles. The first-order chi connectivity index (χ1) is 12.6. The van der Waals surface area contributed by atoms with Crippen LogP contribution in [-0.2, 0) is 22.5 Å². The van der Waals surface area contributed by atoms with Crippen LogP contribution < -0.4 is 10.6 Å². The summed E-state index contributed by atoms with van der Waals surface area (Å²) in [6.07, 6.45) is 1.06. The number of carbonyl (C=O) groups is 1. The standard InChI is InChI=1S/C18H31N5O2S.HI/c1-4-15-5-6-16(26-15)13-20-18(21-14-17(24)22(2)3)19-7-8-23-9-11-25-12-10-23;/h5-6H,4,7-14H2,1-3H3,(H2,19,20,21);1H. The second-order valence-corrected chi connectivity index (χ2v) is 7.66. The molecule has 1 fully saturated rings. The monoisotopic (exact) mass is 509 g/mol. The summed E-state index contributed by atoms with van der Waals surface area (Å²) < 4.78 is 5.37. The summed E-state index contributed by atoms with van der Waals surface area (Å²) in [6, 6.07) is 4.31. The summed E-state index contributed by atoms with van der Waals surface area (Å²) in [5.41, 5.74) is 0. The van der Waals surface area contributed by atoms with E-state index in [-0.39, 0.29) is 36.4 Å². The van der Waals surface area contributed by atoms with E-state index in [1.54, 1.807) is 19.0 Å². The molecule has 27 heavy (non-hydrogen) atoms. The number of amides is 1. The molecular formula is C18H32IN5O2S. The number of nitrogens with zero attached hydrogens (tertiary/aromatic N) is 3. The Bertz CT molecular complexity index is 588. The van der Waals surface area contributed by atoms with Gasteiger partial charge in [0, 0.05) is 50.0 Å². The topological polar surface area (TPSA) is 69.2 Å². The Labute approximate surface area is 183 Å². The second kappa shape index (κ2) is 13.3. The fourth-order valence-corrected chi connectivity index (χ4v) is 3.40. The van der Waals surface area contributed by atoms with Crippen LogP contribution in [0.25, 0.3) is 0 Å². The van der Waals surface area contributed by atoms with Crippen LogP contribution in [0.5, 0.6) is 0 Å². The van der Waals surface area contributed by atoms with Crippen LogP contribution in [0.15, 0.2) is 17.1 Å². The van der Waals surface area contributed by atoms with Gasteiger partial charge in [-0.1, -0.05) is 6.92 Å². The number of carbonyl (C=O) groups excluding carboxylic acids is 1. The zero-order valence-electron chi connectivity index (χ0n) is 16.5. The van der Waals surface area contributed by atoms with E-state index in [0.717, 1.165) is 45.8 Å². The zero-order chi connectivity index (χ0) is 18.8. The van der Waals surface area contributed by atoms with Gasteiger partial charge >= 0.3 is 0 Å². The molecule has 1 aromatic rings. The normalized spacial score (nSPS) is 15.1. The van der Waals surface area contributed by atoms with Gasteiger partial charge in [-0.05, 0) is 18.6 Å². The Morgan fingerprint density at radius 3 is 2.59 bits per heavy atom. The van der Waals surface area contributed by atoms with Gasteiger partial charge < -0.3 is 20.3 Å². The number of thiophene rings is 1.